The predicted molar refractivity (Wildman–Crippen MR) is 107 cm³/mol. The lowest BCUT2D eigenvalue weighted by Gasteiger charge is -2.28. The van der Waals surface area contributed by atoms with Crippen LogP contribution in [0.2, 0.25) is 5.02 Å². The number of rotatable bonds is 6. The van der Waals surface area contributed by atoms with Gasteiger partial charge in [-0.25, -0.2) is 0 Å². The maximum absolute atomic E-state index is 13.0. The van der Waals surface area contributed by atoms with Crippen LogP contribution in [0.4, 0.5) is 0 Å². The average molecular weight is 409 g/mol. The normalized spacial score (nSPS) is 20.5. The van der Waals surface area contributed by atoms with Crippen molar-refractivity contribution in [3.63, 3.8) is 0 Å². The van der Waals surface area contributed by atoms with Gasteiger partial charge in [-0.3, -0.25) is 14.4 Å². The van der Waals surface area contributed by atoms with Gasteiger partial charge in [-0.05, 0) is 24.5 Å². The summed E-state index contributed by atoms with van der Waals surface area (Å²) in [7, 11) is 0. The van der Waals surface area contributed by atoms with E-state index in [2.05, 4.69) is 5.32 Å². The second-order valence-corrected chi connectivity index (χ2v) is 8.76. The largest absolute Gasteiger partial charge is 0.352 e. The fraction of sp³-hybridized carbons (Fsp3) is 0.550. The van der Waals surface area contributed by atoms with Crippen molar-refractivity contribution in [2.75, 3.05) is 12.3 Å². The molecule has 1 saturated heterocycles. The van der Waals surface area contributed by atoms with Crippen LogP contribution in [0.25, 0.3) is 0 Å². The van der Waals surface area contributed by atoms with Gasteiger partial charge in [0.05, 0.1) is 12.5 Å². The zero-order valence-electron chi connectivity index (χ0n) is 15.3. The van der Waals surface area contributed by atoms with Crippen molar-refractivity contribution in [3.8, 4) is 0 Å². The Morgan fingerprint density at radius 1 is 1.19 bits per heavy atom. The van der Waals surface area contributed by atoms with E-state index in [1.165, 1.54) is 18.2 Å². The van der Waals surface area contributed by atoms with Crippen molar-refractivity contribution >= 4 is 40.3 Å². The summed E-state index contributed by atoms with van der Waals surface area (Å²) in [6, 6.07) is 7.53. The van der Waals surface area contributed by atoms with Gasteiger partial charge in [0, 0.05) is 29.8 Å². The molecule has 146 valence electrons. The van der Waals surface area contributed by atoms with Crippen molar-refractivity contribution in [1.82, 2.24) is 10.2 Å². The lowest BCUT2D eigenvalue weighted by molar-refractivity contribution is -0.140. The van der Waals surface area contributed by atoms with Gasteiger partial charge in [-0.2, -0.15) is 0 Å². The highest BCUT2D eigenvalue weighted by molar-refractivity contribution is 8.14. The molecule has 5 nitrogen and oxygen atoms in total. The van der Waals surface area contributed by atoms with Crippen molar-refractivity contribution < 1.29 is 14.4 Å². The Labute approximate surface area is 169 Å². The Bertz CT molecular complexity index is 706. The van der Waals surface area contributed by atoms with Gasteiger partial charge < -0.3 is 10.2 Å². The third kappa shape index (κ3) is 5.72. The molecule has 3 rings (SSSR count). The standard InChI is InChI=1S/C20H25ClN2O3S/c21-17-9-5-4-6-14(17)11-23(20(26)15-10-19(25)27-13-15)12-18(24)22-16-7-2-1-3-8-16/h4-6,9,15-16H,1-3,7-8,10-13H2,(H,22,24). The number of benzene rings is 1. The van der Waals surface area contributed by atoms with Gasteiger partial charge >= 0.3 is 0 Å². The second-order valence-electron chi connectivity index (χ2n) is 7.27. The Morgan fingerprint density at radius 3 is 2.59 bits per heavy atom. The molecule has 2 aliphatic rings. The van der Waals surface area contributed by atoms with Gasteiger partial charge in [0.25, 0.3) is 0 Å². The number of nitrogens with one attached hydrogen (secondary N) is 1. The number of thioether (sulfide) groups is 1. The van der Waals surface area contributed by atoms with E-state index in [-0.39, 0.29) is 48.4 Å². The lowest BCUT2D eigenvalue weighted by Crippen LogP contribution is -2.46. The minimum absolute atomic E-state index is 0.00405. The molecule has 1 N–H and O–H groups in total. The fourth-order valence-corrected chi connectivity index (χ4v) is 4.83. The number of carbonyl (C=O) groups is 3. The number of carbonyl (C=O) groups excluding carboxylic acids is 3. The van der Waals surface area contributed by atoms with E-state index in [1.807, 2.05) is 18.2 Å². The molecule has 0 spiro atoms. The molecule has 1 aromatic rings. The first-order chi connectivity index (χ1) is 13.0. The molecule has 1 aliphatic carbocycles. The van der Waals surface area contributed by atoms with E-state index in [1.54, 1.807) is 11.0 Å². The molecule has 1 saturated carbocycles. The summed E-state index contributed by atoms with van der Waals surface area (Å²) in [5.74, 6) is -0.153. The summed E-state index contributed by atoms with van der Waals surface area (Å²) in [5, 5.41) is 3.67. The van der Waals surface area contributed by atoms with Gasteiger partial charge in [0.15, 0.2) is 5.12 Å². The van der Waals surface area contributed by atoms with E-state index < -0.39 is 0 Å². The molecule has 2 amide bonds. The molecule has 27 heavy (non-hydrogen) atoms. The highest BCUT2D eigenvalue weighted by Crippen LogP contribution is 2.28. The van der Waals surface area contributed by atoms with Crippen LogP contribution in [0.3, 0.4) is 0 Å². The summed E-state index contributed by atoms with van der Waals surface area (Å²) in [4.78, 5) is 38.7. The number of amides is 2. The van der Waals surface area contributed by atoms with Crippen molar-refractivity contribution in [3.05, 3.63) is 34.9 Å². The van der Waals surface area contributed by atoms with Gasteiger partial charge in [-0.1, -0.05) is 60.8 Å². The minimum Gasteiger partial charge on any atom is -0.352 e. The highest BCUT2D eigenvalue weighted by atomic mass is 35.5. The minimum atomic E-state index is -0.354. The van der Waals surface area contributed by atoms with Gasteiger partial charge in [0.1, 0.15) is 0 Å². The average Bonchev–Trinajstić information content (AvgIpc) is 3.09. The highest BCUT2D eigenvalue weighted by Gasteiger charge is 2.33. The van der Waals surface area contributed by atoms with Crippen LogP contribution >= 0.6 is 23.4 Å². The Morgan fingerprint density at radius 2 is 1.93 bits per heavy atom. The molecule has 1 aliphatic heterocycles. The van der Waals surface area contributed by atoms with E-state index in [9.17, 15) is 14.4 Å². The first kappa shape index (κ1) is 20.2. The Kier molecular flexibility index (Phi) is 7.19. The zero-order chi connectivity index (χ0) is 19.2. The molecular weight excluding hydrogens is 384 g/mol. The van der Waals surface area contributed by atoms with E-state index in [0.29, 0.717) is 10.8 Å². The summed E-state index contributed by atoms with van der Waals surface area (Å²) >= 11 is 7.45. The molecule has 1 unspecified atom stereocenters. The van der Waals surface area contributed by atoms with Crippen LogP contribution in [0, 0.1) is 5.92 Å². The van der Waals surface area contributed by atoms with E-state index in [4.69, 9.17) is 11.6 Å². The number of halogens is 1. The molecule has 2 fully saturated rings. The monoisotopic (exact) mass is 408 g/mol. The first-order valence-corrected chi connectivity index (χ1v) is 10.9. The smallest absolute Gasteiger partial charge is 0.239 e. The van der Waals surface area contributed by atoms with Gasteiger partial charge in [0.2, 0.25) is 11.8 Å². The molecule has 1 atom stereocenters. The number of nitrogens with zero attached hydrogens (tertiary/aromatic N) is 1. The van der Waals surface area contributed by atoms with Crippen molar-refractivity contribution in [1.29, 1.82) is 0 Å². The summed E-state index contributed by atoms with van der Waals surface area (Å²) in [6.07, 6.45) is 5.73. The zero-order valence-corrected chi connectivity index (χ0v) is 16.9. The maximum atomic E-state index is 13.0. The quantitative estimate of drug-likeness (QED) is 0.783. The maximum Gasteiger partial charge on any atom is 0.239 e. The molecule has 1 heterocycles. The third-order valence-electron chi connectivity index (χ3n) is 5.14. The summed E-state index contributed by atoms with van der Waals surface area (Å²) in [5.41, 5.74) is 0.801. The predicted octanol–water partition coefficient (Wildman–Crippen LogP) is 3.40. The number of hydrogen-bond acceptors (Lipinski definition) is 4. The molecule has 1 aromatic carbocycles. The molecule has 0 bridgehead atoms. The topological polar surface area (TPSA) is 66.5 Å². The fourth-order valence-electron chi connectivity index (χ4n) is 3.67. The Hall–Kier alpha value is -1.53. The first-order valence-electron chi connectivity index (χ1n) is 9.50. The van der Waals surface area contributed by atoms with Crippen LogP contribution in [-0.2, 0) is 20.9 Å². The van der Waals surface area contributed by atoms with Crippen LogP contribution in [0.1, 0.15) is 44.1 Å². The Balaban J connectivity index is 1.68. The molecule has 0 radical (unpaired) electrons. The van der Waals surface area contributed by atoms with Crippen LogP contribution in [-0.4, -0.2) is 40.2 Å². The van der Waals surface area contributed by atoms with Crippen LogP contribution < -0.4 is 5.32 Å². The summed E-state index contributed by atoms with van der Waals surface area (Å²) in [6.45, 7) is 0.266. The summed E-state index contributed by atoms with van der Waals surface area (Å²) < 4.78 is 0. The molecular formula is C20H25ClN2O3S. The van der Waals surface area contributed by atoms with Crippen molar-refractivity contribution in [2.24, 2.45) is 5.92 Å². The second kappa shape index (κ2) is 9.60. The molecule has 0 aromatic heterocycles. The van der Waals surface area contributed by atoms with Crippen LogP contribution in [0.5, 0.6) is 0 Å². The van der Waals surface area contributed by atoms with Gasteiger partial charge in [-0.15, -0.1) is 0 Å². The van der Waals surface area contributed by atoms with Crippen molar-refractivity contribution in [2.45, 2.75) is 51.1 Å². The third-order valence-corrected chi connectivity index (χ3v) is 6.57. The van der Waals surface area contributed by atoms with E-state index >= 15 is 0 Å². The SMILES string of the molecule is O=C(CN(Cc1ccccc1Cl)C(=O)C1CSC(=O)C1)NC1CCCCC1. The van der Waals surface area contributed by atoms with E-state index in [0.717, 1.165) is 31.2 Å². The lowest BCUT2D eigenvalue weighted by atomic mass is 9.95. The number of hydrogen-bond donors (Lipinski definition) is 1. The molecule has 7 heteroatoms. The van der Waals surface area contributed by atoms with Crippen LogP contribution in [0.15, 0.2) is 24.3 Å².